The van der Waals surface area contributed by atoms with Gasteiger partial charge in [-0.15, -0.1) is 0 Å². The smallest absolute Gasteiger partial charge is 0.409 e. The van der Waals surface area contributed by atoms with Crippen molar-refractivity contribution in [1.29, 1.82) is 0 Å². The van der Waals surface area contributed by atoms with Gasteiger partial charge in [-0.25, -0.2) is 17.9 Å². The van der Waals surface area contributed by atoms with Crippen LogP contribution in [0.5, 0.6) is 0 Å². The predicted octanol–water partition coefficient (Wildman–Crippen LogP) is 3.12. The lowest BCUT2D eigenvalue weighted by Gasteiger charge is -2.33. The Morgan fingerprint density at radius 2 is 1.86 bits per heavy atom. The number of nitrogens with one attached hydrogen (secondary N) is 1. The van der Waals surface area contributed by atoms with E-state index in [0.717, 1.165) is 32.1 Å². The Morgan fingerprint density at radius 1 is 1.24 bits per heavy atom. The molecule has 1 aliphatic heterocycles. The number of carbonyl (C=O) groups is 2. The van der Waals surface area contributed by atoms with Crippen molar-refractivity contribution >= 4 is 21.9 Å². The fraction of sp³-hybridized carbons (Fsp3) is 0.900. The molecule has 168 valence electrons. The second-order valence-corrected chi connectivity index (χ2v) is 10.9. The minimum atomic E-state index is -3.85. The van der Waals surface area contributed by atoms with Gasteiger partial charge in [0.25, 0.3) is 0 Å². The SMILES string of the molecule is CCCCNS(=O)(=O)C(C)C(=O)C1OC(C)(C)N(C(=O)O)[C@H]1CC1CCCCC1. The fourth-order valence-corrected chi connectivity index (χ4v) is 5.61. The molecular weight excluding hydrogens is 396 g/mol. The molecular formula is C20H36N2O6S. The maximum absolute atomic E-state index is 13.2. The zero-order valence-electron chi connectivity index (χ0n) is 18.0. The van der Waals surface area contributed by atoms with Crippen molar-refractivity contribution in [2.75, 3.05) is 6.54 Å². The van der Waals surface area contributed by atoms with Crippen molar-refractivity contribution in [3.63, 3.8) is 0 Å². The van der Waals surface area contributed by atoms with E-state index in [4.69, 9.17) is 4.74 Å². The third kappa shape index (κ3) is 5.70. The maximum Gasteiger partial charge on any atom is 0.409 e. The highest BCUT2D eigenvalue weighted by Gasteiger charge is 2.54. The number of amides is 1. The first-order valence-corrected chi connectivity index (χ1v) is 12.3. The summed E-state index contributed by atoms with van der Waals surface area (Å²) in [5.41, 5.74) is -1.19. The molecule has 0 bridgehead atoms. The summed E-state index contributed by atoms with van der Waals surface area (Å²) in [5, 5.41) is 8.49. The van der Waals surface area contributed by atoms with Gasteiger partial charge in [-0.2, -0.15) is 0 Å². The third-order valence-electron chi connectivity index (χ3n) is 6.16. The van der Waals surface area contributed by atoms with Gasteiger partial charge in [0.2, 0.25) is 10.0 Å². The van der Waals surface area contributed by atoms with Crippen LogP contribution < -0.4 is 4.72 Å². The number of hydrogen-bond donors (Lipinski definition) is 2. The number of ketones is 1. The molecule has 9 heteroatoms. The van der Waals surface area contributed by atoms with E-state index in [-0.39, 0.29) is 6.54 Å². The van der Waals surface area contributed by atoms with E-state index in [2.05, 4.69) is 4.72 Å². The van der Waals surface area contributed by atoms with Gasteiger partial charge in [-0.1, -0.05) is 45.4 Å². The molecule has 29 heavy (non-hydrogen) atoms. The molecule has 1 saturated carbocycles. The van der Waals surface area contributed by atoms with E-state index < -0.39 is 45.0 Å². The average Bonchev–Trinajstić information content (AvgIpc) is 2.91. The monoisotopic (exact) mass is 432 g/mol. The number of hydrogen-bond acceptors (Lipinski definition) is 5. The van der Waals surface area contributed by atoms with Crippen molar-refractivity contribution in [2.45, 2.75) is 102 Å². The molecule has 1 amide bonds. The molecule has 2 unspecified atom stereocenters. The average molecular weight is 433 g/mol. The maximum atomic E-state index is 13.2. The van der Waals surface area contributed by atoms with E-state index in [0.29, 0.717) is 18.8 Å². The topological polar surface area (TPSA) is 113 Å². The van der Waals surface area contributed by atoms with E-state index >= 15 is 0 Å². The standard InChI is InChI=1S/C20H36N2O6S/c1-5-6-12-21-29(26,27)14(2)17(23)18-16(13-15-10-8-7-9-11-15)22(19(24)25)20(3,4)28-18/h14-16,18,21H,5-13H2,1-4H3,(H,24,25)/t14?,16-,18?/m0/s1. The van der Waals surface area contributed by atoms with Crippen molar-refractivity contribution in [2.24, 2.45) is 5.92 Å². The fourth-order valence-electron chi connectivity index (χ4n) is 4.49. The van der Waals surface area contributed by atoms with Crippen LogP contribution in [0.4, 0.5) is 4.79 Å². The first-order chi connectivity index (χ1) is 13.5. The Balaban J connectivity index is 2.24. The molecule has 2 fully saturated rings. The molecule has 2 rings (SSSR count). The van der Waals surface area contributed by atoms with Crippen LogP contribution in [0, 0.1) is 5.92 Å². The largest absolute Gasteiger partial charge is 0.465 e. The molecule has 0 spiro atoms. The van der Waals surface area contributed by atoms with Crippen LogP contribution in [-0.2, 0) is 19.6 Å². The normalized spacial score (nSPS) is 26.4. The highest BCUT2D eigenvalue weighted by Crippen LogP contribution is 2.39. The van der Waals surface area contributed by atoms with Crippen LogP contribution in [0.25, 0.3) is 0 Å². The van der Waals surface area contributed by atoms with Crippen molar-refractivity contribution in [1.82, 2.24) is 9.62 Å². The molecule has 8 nitrogen and oxygen atoms in total. The summed E-state index contributed by atoms with van der Waals surface area (Å²) in [7, 11) is -3.85. The summed E-state index contributed by atoms with van der Waals surface area (Å²) in [6.45, 7) is 6.81. The molecule has 1 heterocycles. The van der Waals surface area contributed by atoms with E-state index in [9.17, 15) is 23.1 Å². The lowest BCUT2D eigenvalue weighted by Crippen LogP contribution is -2.50. The Morgan fingerprint density at radius 3 is 2.41 bits per heavy atom. The molecule has 2 aliphatic rings. The molecule has 0 aromatic carbocycles. The number of rotatable bonds is 9. The lowest BCUT2D eigenvalue weighted by molar-refractivity contribution is -0.135. The number of nitrogens with zero attached hydrogens (tertiary/aromatic N) is 1. The van der Waals surface area contributed by atoms with Crippen molar-refractivity contribution in [3.05, 3.63) is 0 Å². The summed E-state index contributed by atoms with van der Waals surface area (Å²) in [5.74, 6) is -0.260. The van der Waals surface area contributed by atoms with Crippen LogP contribution >= 0.6 is 0 Å². The summed E-state index contributed by atoms with van der Waals surface area (Å²) in [6.07, 6.45) is 5.17. The Hall–Kier alpha value is -1.19. The highest BCUT2D eigenvalue weighted by atomic mass is 32.2. The predicted molar refractivity (Wildman–Crippen MR) is 110 cm³/mol. The summed E-state index contributed by atoms with van der Waals surface area (Å²) < 4.78 is 33.5. The number of Topliss-reactive ketones (excluding diaryl/α,β-unsaturated/α-hetero) is 1. The van der Waals surface area contributed by atoms with Gasteiger partial charge in [0.15, 0.2) is 5.78 Å². The van der Waals surface area contributed by atoms with Crippen molar-refractivity contribution in [3.8, 4) is 0 Å². The molecule has 3 atom stereocenters. The van der Waals surface area contributed by atoms with Crippen LogP contribution in [0.2, 0.25) is 0 Å². The summed E-state index contributed by atoms with van der Waals surface area (Å²) in [4.78, 5) is 26.4. The molecule has 0 aromatic heterocycles. The first kappa shape index (κ1) is 24.1. The summed E-state index contributed by atoms with van der Waals surface area (Å²) >= 11 is 0. The van der Waals surface area contributed by atoms with Crippen molar-refractivity contribution < 1.29 is 27.9 Å². The van der Waals surface area contributed by atoms with E-state index in [1.807, 2.05) is 6.92 Å². The van der Waals surface area contributed by atoms with E-state index in [1.54, 1.807) is 13.8 Å². The molecule has 0 aromatic rings. The minimum Gasteiger partial charge on any atom is -0.465 e. The van der Waals surface area contributed by atoms with Crippen LogP contribution in [0.3, 0.4) is 0 Å². The lowest BCUT2D eigenvalue weighted by atomic mass is 9.83. The number of sulfonamides is 1. The van der Waals surface area contributed by atoms with Gasteiger partial charge in [0, 0.05) is 6.54 Å². The molecule has 1 aliphatic carbocycles. The van der Waals surface area contributed by atoms with Crippen LogP contribution in [0.1, 0.15) is 79.1 Å². The van der Waals surface area contributed by atoms with Crippen LogP contribution in [-0.4, -0.2) is 60.0 Å². The first-order valence-electron chi connectivity index (χ1n) is 10.7. The summed E-state index contributed by atoms with van der Waals surface area (Å²) in [6, 6.07) is -0.675. The van der Waals surface area contributed by atoms with Gasteiger partial charge in [-0.3, -0.25) is 9.69 Å². The van der Waals surface area contributed by atoms with Gasteiger partial charge < -0.3 is 9.84 Å². The van der Waals surface area contributed by atoms with Gasteiger partial charge in [-0.05, 0) is 39.5 Å². The number of ether oxygens (including phenoxy) is 1. The highest BCUT2D eigenvalue weighted by molar-refractivity contribution is 7.90. The molecule has 0 radical (unpaired) electrons. The van der Waals surface area contributed by atoms with Gasteiger partial charge >= 0.3 is 6.09 Å². The Kier molecular flexibility index (Phi) is 8.09. The zero-order valence-corrected chi connectivity index (χ0v) is 18.8. The van der Waals surface area contributed by atoms with Gasteiger partial charge in [0.05, 0.1) is 6.04 Å². The quantitative estimate of drug-likeness (QED) is 0.541. The Labute approximate surface area is 174 Å². The second kappa shape index (κ2) is 9.75. The zero-order chi connectivity index (χ0) is 21.8. The van der Waals surface area contributed by atoms with Gasteiger partial charge in [0.1, 0.15) is 17.1 Å². The van der Waals surface area contributed by atoms with Crippen LogP contribution in [0.15, 0.2) is 0 Å². The molecule has 2 N–H and O–H groups in total. The number of carboxylic acid groups (broad SMARTS) is 1. The molecule has 1 saturated heterocycles. The minimum absolute atomic E-state index is 0.278. The second-order valence-electron chi connectivity index (χ2n) is 8.78. The number of unbranched alkanes of at least 4 members (excludes halogenated alkanes) is 1. The Bertz CT molecular complexity index is 687. The third-order valence-corrected chi connectivity index (χ3v) is 7.93. The van der Waals surface area contributed by atoms with E-state index in [1.165, 1.54) is 18.2 Å². The number of carbonyl (C=O) groups excluding carboxylic acids is 1.